The van der Waals surface area contributed by atoms with Crippen molar-refractivity contribution in [1.29, 1.82) is 0 Å². The Morgan fingerprint density at radius 3 is 2.68 bits per heavy atom. The molecule has 0 aliphatic carbocycles. The summed E-state index contributed by atoms with van der Waals surface area (Å²) in [7, 11) is 2.11. The Bertz CT molecular complexity index is 1420. The smallest absolute Gasteiger partial charge is 0.264 e. The summed E-state index contributed by atoms with van der Waals surface area (Å²) in [5.74, 6) is 0.146. The van der Waals surface area contributed by atoms with Crippen LogP contribution in [0.4, 0.5) is 5.69 Å². The van der Waals surface area contributed by atoms with Crippen LogP contribution in [0.3, 0.4) is 0 Å². The third-order valence-electron chi connectivity index (χ3n) is 7.84. The van der Waals surface area contributed by atoms with Crippen LogP contribution in [0, 0.1) is 0 Å². The molecule has 1 N–H and O–H groups in total. The summed E-state index contributed by atoms with van der Waals surface area (Å²) in [5.41, 5.74) is 4.01. The zero-order chi connectivity index (χ0) is 25.9. The molecule has 3 aromatic heterocycles. The highest BCUT2D eigenvalue weighted by atomic mass is 32.1. The highest BCUT2D eigenvalue weighted by Gasteiger charge is 2.22. The summed E-state index contributed by atoms with van der Waals surface area (Å²) < 4.78 is 1.12. The molecule has 38 heavy (non-hydrogen) atoms. The second-order valence-corrected chi connectivity index (χ2v) is 11.7. The van der Waals surface area contributed by atoms with Crippen molar-refractivity contribution in [2.24, 2.45) is 0 Å². The first-order valence-corrected chi connectivity index (χ1v) is 14.7. The zero-order valence-corrected chi connectivity index (χ0v) is 23.0. The Hall–Kier alpha value is -3.07. The molecule has 7 nitrogen and oxygen atoms in total. The van der Waals surface area contributed by atoms with E-state index in [1.54, 1.807) is 17.5 Å². The van der Waals surface area contributed by atoms with Gasteiger partial charge in [-0.2, -0.15) is 0 Å². The molecule has 0 atom stereocenters. The van der Waals surface area contributed by atoms with Crippen molar-refractivity contribution < 1.29 is 4.79 Å². The van der Waals surface area contributed by atoms with E-state index in [1.165, 1.54) is 32.4 Å². The topological polar surface area (TPSA) is 64.6 Å². The number of piperazine rings is 1. The largest absolute Gasteiger partial charge is 0.384 e. The number of carbonyl (C=O) groups is 1. The predicted molar refractivity (Wildman–Crippen MR) is 157 cm³/mol. The van der Waals surface area contributed by atoms with Crippen molar-refractivity contribution in [3.8, 4) is 11.3 Å². The van der Waals surface area contributed by atoms with Crippen molar-refractivity contribution >= 4 is 43.9 Å². The van der Waals surface area contributed by atoms with Gasteiger partial charge in [-0.3, -0.25) is 9.78 Å². The van der Waals surface area contributed by atoms with Crippen molar-refractivity contribution in [3.05, 3.63) is 53.7 Å². The molecular formula is C30H36N6OS. The number of fused-ring (bicyclic) bond motifs is 2. The lowest BCUT2D eigenvalue weighted by Gasteiger charge is -2.32. The Kier molecular flexibility index (Phi) is 7.53. The Balaban J connectivity index is 1.22. The van der Waals surface area contributed by atoms with Gasteiger partial charge in [-0.25, -0.2) is 4.98 Å². The lowest BCUT2D eigenvalue weighted by atomic mass is 10.1. The number of pyridine rings is 2. The molecule has 0 bridgehead atoms. The van der Waals surface area contributed by atoms with E-state index in [9.17, 15) is 4.79 Å². The number of thiophene rings is 1. The molecule has 2 fully saturated rings. The van der Waals surface area contributed by atoms with Gasteiger partial charge in [-0.05, 0) is 75.6 Å². The van der Waals surface area contributed by atoms with Gasteiger partial charge in [-0.1, -0.05) is 18.6 Å². The summed E-state index contributed by atoms with van der Waals surface area (Å²) in [6, 6.07) is 12.6. The minimum Gasteiger partial charge on any atom is -0.384 e. The van der Waals surface area contributed by atoms with E-state index in [2.05, 4.69) is 51.4 Å². The number of hydrogen-bond donors (Lipinski definition) is 1. The molecule has 0 saturated carbocycles. The third-order valence-corrected chi connectivity index (χ3v) is 8.93. The number of nitrogens with zero attached hydrogens (tertiary/aromatic N) is 5. The van der Waals surface area contributed by atoms with Crippen LogP contribution in [0.2, 0.25) is 0 Å². The van der Waals surface area contributed by atoms with Gasteiger partial charge >= 0.3 is 0 Å². The highest BCUT2D eigenvalue weighted by Crippen LogP contribution is 2.33. The van der Waals surface area contributed by atoms with Crippen molar-refractivity contribution in [2.45, 2.75) is 25.7 Å². The van der Waals surface area contributed by atoms with E-state index in [0.29, 0.717) is 0 Å². The first-order chi connectivity index (χ1) is 18.6. The molecular weight excluding hydrogens is 492 g/mol. The molecule has 2 aliphatic heterocycles. The number of carbonyl (C=O) groups excluding carboxylic acids is 1. The van der Waals surface area contributed by atoms with E-state index in [-0.39, 0.29) is 5.91 Å². The average Bonchev–Trinajstić information content (AvgIpc) is 3.39. The van der Waals surface area contributed by atoms with Gasteiger partial charge in [0.25, 0.3) is 5.91 Å². The maximum absolute atomic E-state index is 13.1. The van der Waals surface area contributed by atoms with Crippen LogP contribution in [0.25, 0.3) is 32.2 Å². The van der Waals surface area contributed by atoms with E-state index in [0.717, 1.165) is 88.5 Å². The predicted octanol–water partition coefficient (Wildman–Crippen LogP) is 5.19. The normalized spacial score (nSPS) is 17.3. The summed E-state index contributed by atoms with van der Waals surface area (Å²) in [6.45, 7) is 7.98. The van der Waals surface area contributed by atoms with Gasteiger partial charge in [0.1, 0.15) is 0 Å². The molecule has 1 amide bonds. The van der Waals surface area contributed by atoms with Crippen LogP contribution in [0.5, 0.6) is 0 Å². The number of nitrogens with one attached hydrogen (secondary N) is 1. The number of likely N-dealkylation sites (N-methyl/N-ethyl adjacent to an activating group) is 1. The van der Waals surface area contributed by atoms with Crippen LogP contribution < -0.4 is 5.32 Å². The number of amides is 1. The Morgan fingerprint density at radius 2 is 1.84 bits per heavy atom. The molecule has 0 radical (unpaired) electrons. The number of aromatic nitrogens is 2. The van der Waals surface area contributed by atoms with E-state index in [1.807, 2.05) is 23.2 Å². The number of benzene rings is 1. The van der Waals surface area contributed by atoms with E-state index < -0.39 is 0 Å². The lowest BCUT2D eigenvalue weighted by molar-refractivity contribution is 0.0669. The fourth-order valence-corrected chi connectivity index (χ4v) is 6.60. The SMILES string of the molecule is CN1CCN(C(=O)c2cc3ccc(-c4cc(NCCCN5CCCCC5)c5cnccc5n4)cc3s2)CC1. The summed E-state index contributed by atoms with van der Waals surface area (Å²) in [6.07, 6.45) is 8.86. The average molecular weight is 529 g/mol. The Labute approximate surface area is 228 Å². The molecule has 4 aromatic rings. The number of rotatable bonds is 7. The number of piperidine rings is 1. The highest BCUT2D eigenvalue weighted by molar-refractivity contribution is 7.20. The molecule has 2 aliphatic rings. The monoisotopic (exact) mass is 528 g/mol. The molecule has 8 heteroatoms. The first-order valence-electron chi connectivity index (χ1n) is 13.9. The summed E-state index contributed by atoms with van der Waals surface area (Å²) >= 11 is 1.58. The number of likely N-dealkylation sites (tertiary alicyclic amines) is 1. The van der Waals surface area contributed by atoms with Crippen molar-refractivity contribution in [2.75, 3.05) is 64.7 Å². The van der Waals surface area contributed by atoms with E-state index in [4.69, 9.17) is 4.98 Å². The third kappa shape index (κ3) is 5.53. The van der Waals surface area contributed by atoms with Crippen LogP contribution >= 0.6 is 11.3 Å². The van der Waals surface area contributed by atoms with Gasteiger partial charge in [0.15, 0.2) is 0 Å². The Morgan fingerprint density at radius 1 is 1.00 bits per heavy atom. The minimum absolute atomic E-state index is 0.146. The zero-order valence-electron chi connectivity index (χ0n) is 22.2. The van der Waals surface area contributed by atoms with Gasteiger partial charge in [0, 0.05) is 66.5 Å². The quantitative estimate of drug-likeness (QED) is 0.333. The van der Waals surface area contributed by atoms with Gasteiger partial charge in [0.05, 0.1) is 16.1 Å². The summed E-state index contributed by atoms with van der Waals surface area (Å²) in [5, 5.41) is 5.83. The number of hydrogen-bond acceptors (Lipinski definition) is 7. The molecule has 2 saturated heterocycles. The maximum Gasteiger partial charge on any atom is 0.264 e. The molecule has 5 heterocycles. The van der Waals surface area contributed by atoms with E-state index >= 15 is 0 Å². The standard InChI is InChI=1S/C30H36N6OS/c1-34-14-16-36(17-15-34)30(37)29-19-23-7-6-22(18-28(23)38-29)26-20-27(24-21-31-10-8-25(24)33-26)32-9-5-13-35-11-3-2-4-12-35/h6-8,10,18-21H,2-5,9,11-17H2,1H3,(H,32,33). The minimum atomic E-state index is 0.146. The van der Waals surface area contributed by atoms with Crippen LogP contribution in [-0.4, -0.2) is 90.0 Å². The van der Waals surface area contributed by atoms with Crippen LogP contribution in [0.15, 0.2) is 48.8 Å². The molecule has 6 rings (SSSR count). The lowest BCUT2D eigenvalue weighted by Crippen LogP contribution is -2.46. The number of anilines is 1. The second kappa shape index (κ2) is 11.4. The maximum atomic E-state index is 13.1. The van der Waals surface area contributed by atoms with Gasteiger partial charge in [0.2, 0.25) is 0 Å². The van der Waals surface area contributed by atoms with Crippen molar-refractivity contribution in [3.63, 3.8) is 0 Å². The molecule has 1 aromatic carbocycles. The molecule has 0 spiro atoms. The fraction of sp³-hybridized carbons (Fsp3) is 0.433. The van der Waals surface area contributed by atoms with Gasteiger partial charge in [-0.15, -0.1) is 11.3 Å². The first kappa shape index (κ1) is 25.2. The molecule has 0 unspecified atom stereocenters. The van der Waals surface area contributed by atoms with Crippen LogP contribution in [0.1, 0.15) is 35.4 Å². The molecule has 198 valence electrons. The van der Waals surface area contributed by atoms with Crippen LogP contribution in [-0.2, 0) is 0 Å². The van der Waals surface area contributed by atoms with Crippen molar-refractivity contribution in [1.82, 2.24) is 24.7 Å². The fourth-order valence-electron chi connectivity index (χ4n) is 5.53. The summed E-state index contributed by atoms with van der Waals surface area (Å²) in [4.78, 5) is 30.1. The second-order valence-electron chi connectivity index (χ2n) is 10.6. The van der Waals surface area contributed by atoms with Gasteiger partial charge < -0.3 is 20.0 Å².